The molecule has 4 rings (SSSR count). The molecular formula is C28H20N2O6. The average molecular weight is 480 g/mol. The van der Waals surface area contributed by atoms with Gasteiger partial charge in [0.05, 0.1) is 16.8 Å². The van der Waals surface area contributed by atoms with Gasteiger partial charge in [0.15, 0.2) is 6.40 Å². The molecule has 0 spiro atoms. The SMILES string of the molecule is O=C(Nc1ccc(-c2ccc(/N=C/Oc3ccccc3)cc2C(=O)O)c(C(=O)O)c1)c1ccccc1. The Balaban J connectivity index is 1.63. The fourth-order valence-electron chi connectivity index (χ4n) is 3.50. The zero-order valence-corrected chi connectivity index (χ0v) is 18.8. The molecule has 0 saturated heterocycles. The highest BCUT2D eigenvalue weighted by Crippen LogP contribution is 2.32. The van der Waals surface area contributed by atoms with E-state index in [1.807, 2.05) is 6.07 Å². The number of nitrogens with one attached hydrogen (secondary N) is 1. The van der Waals surface area contributed by atoms with Crippen molar-refractivity contribution in [1.82, 2.24) is 0 Å². The predicted octanol–water partition coefficient (Wildman–Crippen LogP) is 5.74. The summed E-state index contributed by atoms with van der Waals surface area (Å²) >= 11 is 0. The van der Waals surface area contributed by atoms with E-state index in [-0.39, 0.29) is 27.9 Å². The highest BCUT2D eigenvalue weighted by molar-refractivity contribution is 6.07. The van der Waals surface area contributed by atoms with Gasteiger partial charge in [-0.05, 0) is 59.7 Å². The number of para-hydroxylation sites is 1. The van der Waals surface area contributed by atoms with Crippen LogP contribution >= 0.6 is 0 Å². The Morgan fingerprint density at radius 3 is 1.94 bits per heavy atom. The van der Waals surface area contributed by atoms with E-state index >= 15 is 0 Å². The molecule has 0 fully saturated rings. The van der Waals surface area contributed by atoms with Crippen LogP contribution in [-0.4, -0.2) is 34.5 Å². The molecule has 3 N–H and O–H groups in total. The summed E-state index contributed by atoms with van der Waals surface area (Å²) in [7, 11) is 0. The topological polar surface area (TPSA) is 125 Å². The van der Waals surface area contributed by atoms with Crippen LogP contribution in [0.5, 0.6) is 5.75 Å². The summed E-state index contributed by atoms with van der Waals surface area (Å²) in [4.78, 5) is 40.6. The molecule has 0 saturated carbocycles. The molecule has 178 valence electrons. The molecule has 0 unspecified atom stereocenters. The first-order chi connectivity index (χ1) is 17.4. The smallest absolute Gasteiger partial charge is 0.336 e. The lowest BCUT2D eigenvalue weighted by atomic mass is 9.94. The van der Waals surface area contributed by atoms with Crippen LogP contribution in [0, 0.1) is 0 Å². The van der Waals surface area contributed by atoms with Gasteiger partial charge in [-0.15, -0.1) is 0 Å². The number of aromatic carboxylic acids is 2. The third kappa shape index (κ3) is 5.63. The quantitative estimate of drug-likeness (QED) is 0.218. The Morgan fingerprint density at radius 1 is 0.722 bits per heavy atom. The second kappa shape index (κ2) is 10.8. The number of hydrogen-bond acceptors (Lipinski definition) is 5. The van der Waals surface area contributed by atoms with E-state index in [1.165, 1.54) is 36.7 Å². The Labute approximate surface area is 206 Å². The van der Waals surface area contributed by atoms with Crippen LogP contribution in [-0.2, 0) is 0 Å². The predicted molar refractivity (Wildman–Crippen MR) is 135 cm³/mol. The first-order valence-corrected chi connectivity index (χ1v) is 10.8. The maximum Gasteiger partial charge on any atom is 0.336 e. The van der Waals surface area contributed by atoms with Crippen LogP contribution in [0.25, 0.3) is 11.1 Å². The summed E-state index contributed by atoms with van der Waals surface area (Å²) in [5.41, 5.74) is 1.09. The molecule has 0 aromatic heterocycles. The van der Waals surface area contributed by atoms with E-state index in [9.17, 15) is 24.6 Å². The van der Waals surface area contributed by atoms with Crippen molar-refractivity contribution in [3.05, 3.63) is 114 Å². The Morgan fingerprint density at radius 2 is 1.31 bits per heavy atom. The van der Waals surface area contributed by atoms with Crippen molar-refractivity contribution < 1.29 is 29.3 Å². The van der Waals surface area contributed by atoms with Crippen LogP contribution in [0.1, 0.15) is 31.1 Å². The molecule has 0 aliphatic carbocycles. The molecule has 0 atom stereocenters. The summed E-state index contributed by atoms with van der Waals surface area (Å²) in [5.74, 6) is -2.34. The van der Waals surface area contributed by atoms with Crippen LogP contribution in [0.4, 0.5) is 11.4 Å². The molecule has 1 amide bonds. The number of benzene rings is 4. The summed E-state index contributed by atoms with van der Waals surface area (Å²) in [6, 6.07) is 26.1. The van der Waals surface area contributed by atoms with Crippen molar-refractivity contribution in [3.8, 4) is 16.9 Å². The number of hydrogen-bond donors (Lipinski definition) is 3. The lowest BCUT2D eigenvalue weighted by molar-refractivity contribution is 0.0684. The van der Waals surface area contributed by atoms with Crippen LogP contribution in [0.15, 0.2) is 102 Å². The third-order valence-electron chi connectivity index (χ3n) is 5.20. The Bertz CT molecular complexity index is 1450. The minimum atomic E-state index is -1.27. The summed E-state index contributed by atoms with van der Waals surface area (Å²) in [6.45, 7) is 0. The van der Waals surface area contributed by atoms with Gasteiger partial charge in [0, 0.05) is 11.3 Å². The number of nitrogens with zero attached hydrogens (tertiary/aromatic N) is 1. The van der Waals surface area contributed by atoms with Crippen molar-refractivity contribution in [3.63, 3.8) is 0 Å². The average Bonchev–Trinajstić information content (AvgIpc) is 2.89. The number of carboxylic acids is 2. The molecule has 0 bridgehead atoms. The number of rotatable bonds is 8. The van der Waals surface area contributed by atoms with Gasteiger partial charge in [-0.25, -0.2) is 14.6 Å². The maximum atomic E-state index is 12.4. The van der Waals surface area contributed by atoms with Crippen molar-refractivity contribution in [1.29, 1.82) is 0 Å². The molecule has 8 heteroatoms. The van der Waals surface area contributed by atoms with Gasteiger partial charge in [-0.2, -0.15) is 0 Å². The molecule has 0 aliphatic heterocycles. The highest BCUT2D eigenvalue weighted by Gasteiger charge is 2.19. The normalized spacial score (nSPS) is 10.7. The zero-order valence-electron chi connectivity index (χ0n) is 18.8. The molecule has 4 aromatic carbocycles. The van der Waals surface area contributed by atoms with Crippen LogP contribution in [0.3, 0.4) is 0 Å². The number of aliphatic imine (C=N–C) groups is 1. The first kappa shape index (κ1) is 23.9. The molecule has 0 aliphatic rings. The van der Waals surface area contributed by atoms with Crippen LogP contribution in [0.2, 0.25) is 0 Å². The van der Waals surface area contributed by atoms with E-state index < -0.39 is 17.8 Å². The van der Waals surface area contributed by atoms with Gasteiger partial charge in [-0.3, -0.25) is 4.79 Å². The van der Waals surface area contributed by atoms with E-state index in [4.69, 9.17) is 4.74 Å². The van der Waals surface area contributed by atoms with Crippen molar-refractivity contribution in [2.45, 2.75) is 0 Å². The second-order valence-corrected chi connectivity index (χ2v) is 7.59. The van der Waals surface area contributed by atoms with E-state index in [0.717, 1.165) is 0 Å². The van der Waals surface area contributed by atoms with Crippen molar-refractivity contribution >= 4 is 35.6 Å². The first-order valence-electron chi connectivity index (χ1n) is 10.8. The lowest BCUT2D eigenvalue weighted by Crippen LogP contribution is -2.12. The number of ether oxygens (including phenoxy) is 1. The standard InChI is InChI=1S/C28H20N2O6/c31-26(18-7-3-1-4-8-18)30-20-12-14-23(25(16-20)28(34)35)22-13-11-19(15-24(22)27(32)33)29-17-36-21-9-5-2-6-10-21/h1-17H,(H,30,31)(H,32,33)(H,34,35)/b29-17+. The molecule has 36 heavy (non-hydrogen) atoms. The molecule has 4 aromatic rings. The number of amides is 1. The minimum absolute atomic E-state index is 0.132. The van der Waals surface area contributed by atoms with Gasteiger partial charge < -0.3 is 20.3 Å². The van der Waals surface area contributed by atoms with Gasteiger partial charge in [0.2, 0.25) is 0 Å². The monoisotopic (exact) mass is 480 g/mol. The van der Waals surface area contributed by atoms with Crippen LogP contribution < -0.4 is 10.1 Å². The number of carbonyl (C=O) groups excluding carboxylic acids is 1. The lowest BCUT2D eigenvalue weighted by Gasteiger charge is -2.13. The summed E-state index contributed by atoms with van der Waals surface area (Å²) < 4.78 is 5.40. The van der Waals surface area contributed by atoms with E-state index in [2.05, 4.69) is 10.3 Å². The summed E-state index contributed by atoms with van der Waals surface area (Å²) in [5, 5.41) is 22.3. The zero-order chi connectivity index (χ0) is 25.5. The molecule has 0 radical (unpaired) electrons. The van der Waals surface area contributed by atoms with Gasteiger partial charge in [-0.1, -0.05) is 48.5 Å². The Hall–Kier alpha value is -5.24. The van der Waals surface area contributed by atoms with E-state index in [1.54, 1.807) is 60.7 Å². The number of carbonyl (C=O) groups is 3. The molecule has 0 heterocycles. The maximum absolute atomic E-state index is 12.4. The molecular weight excluding hydrogens is 460 g/mol. The van der Waals surface area contributed by atoms with Gasteiger partial charge >= 0.3 is 11.9 Å². The van der Waals surface area contributed by atoms with Crippen molar-refractivity contribution in [2.24, 2.45) is 4.99 Å². The number of anilines is 1. The summed E-state index contributed by atoms with van der Waals surface area (Å²) in [6.07, 6.45) is 1.20. The van der Waals surface area contributed by atoms with Gasteiger partial charge in [0.1, 0.15) is 5.75 Å². The molecule has 8 nitrogen and oxygen atoms in total. The largest absolute Gasteiger partial charge is 0.478 e. The van der Waals surface area contributed by atoms with E-state index in [0.29, 0.717) is 17.0 Å². The van der Waals surface area contributed by atoms with Gasteiger partial charge in [0.25, 0.3) is 5.91 Å². The highest BCUT2D eigenvalue weighted by atomic mass is 16.5. The number of carboxylic acid groups (broad SMARTS) is 2. The fraction of sp³-hybridized carbons (Fsp3) is 0. The minimum Gasteiger partial charge on any atom is -0.478 e. The fourth-order valence-corrected chi connectivity index (χ4v) is 3.50. The Kier molecular flexibility index (Phi) is 7.17. The second-order valence-electron chi connectivity index (χ2n) is 7.59. The van der Waals surface area contributed by atoms with Crippen molar-refractivity contribution in [2.75, 3.05) is 5.32 Å². The third-order valence-corrected chi connectivity index (χ3v) is 5.20.